The summed E-state index contributed by atoms with van der Waals surface area (Å²) in [7, 11) is 0. The Balaban J connectivity index is 1.83. The molecule has 0 N–H and O–H groups in total. The first-order valence-electron chi connectivity index (χ1n) is 10.2. The zero-order valence-electron chi connectivity index (χ0n) is 17.3. The average molecular weight is 424 g/mol. The smallest absolute Gasteiger partial charge is 0.265 e. The number of benzene rings is 3. The van der Waals surface area contributed by atoms with E-state index in [-0.39, 0.29) is 11.6 Å². The number of fused-ring (bicyclic) bond motifs is 1. The summed E-state index contributed by atoms with van der Waals surface area (Å²) in [6, 6.07) is 28.0. The van der Waals surface area contributed by atoms with Crippen LogP contribution in [0.5, 0.6) is 0 Å². The summed E-state index contributed by atoms with van der Waals surface area (Å²) in [5, 5.41) is 5.80. The van der Waals surface area contributed by atoms with E-state index >= 15 is 0 Å². The van der Waals surface area contributed by atoms with Crippen molar-refractivity contribution in [3.63, 3.8) is 0 Å². The van der Waals surface area contributed by atoms with Crippen LogP contribution in [0.4, 0.5) is 0 Å². The first-order chi connectivity index (χ1) is 15.1. The van der Waals surface area contributed by atoms with Gasteiger partial charge in [0.2, 0.25) is 0 Å². The fourth-order valence-corrected chi connectivity index (χ4v) is 4.78. The number of aromatic nitrogens is 3. The van der Waals surface area contributed by atoms with Crippen molar-refractivity contribution in [2.24, 2.45) is 0 Å². The fraction of sp³-hybridized carbons (Fsp3) is 0.115. The van der Waals surface area contributed by atoms with Crippen LogP contribution >= 0.6 is 11.3 Å². The minimum Gasteiger partial charge on any atom is -0.265 e. The van der Waals surface area contributed by atoms with E-state index < -0.39 is 0 Å². The molecule has 5 aromatic rings. The zero-order valence-corrected chi connectivity index (χ0v) is 18.1. The second kappa shape index (κ2) is 7.93. The lowest BCUT2D eigenvalue weighted by Crippen LogP contribution is -2.29. The minimum atomic E-state index is -0.342. The Kier molecular flexibility index (Phi) is 4.96. The molecule has 0 saturated carbocycles. The highest BCUT2D eigenvalue weighted by Crippen LogP contribution is 2.32. The van der Waals surface area contributed by atoms with Gasteiger partial charge in [-0.05, 0) is 25.0 Å². The molecular weight excluding hydrogens is 402 g/mol. The molecule has 0 saturated heterocycles. The Hall–Kier alpha value is -3.57. The van der Waals surface area contributed by atoms with Gasteiger partial charge in [-0.15, -0.1) is 11.3 Å². The molecule has 0 radical (unpaired) electrons. The first-order valence-corrected chi connectivity index (χ1v) is 11.0. The molecule has 0 amide bonds. The summed E-state index contributed by atoms with van der Waals surface area (Å²) in [4.78, 5) is 18.2. The number of hydrogen-bond donors (Lipinski definition) is 0. The van der Waals surface area contributed by atoms with Crippen molar-refractivity contribution in [1.29, 1.82) is 0 Å². The van der Waals surface area contributed by atoms with Crippen molar-refractivity contribution in [2.45, 2.75) is 19.9 Å². The largest absolute Gasteiger partial charge is 0.295 e. The van der Waals surface area contributed by atoms with Crippen molar-refractivity contribution in [3.8, 4) is 11.3 Å². The summed E-state index contributed by atoms with van der Waals surface area (Å²) in [5.74, 6) is 0. The van der Waals surface area contributed by atoms with E-state index in [4.69, 9.17) is 5.10 Å². The fourth-order valence-electron chi connectivity index (χ4n) is 3.86. The van der Waals surface area contributed by atoms with Crippen LogP contribution < -0.4 is 5.56 Å². The molecular formula is C26H21N3OS. The molecule has 0 unspecified atom stereocenters. The van der Waals surface area contributed by atoms with E-state index in [2.05, 4.69) is 36.2 Å². The average Bonchev–Trinajstić information content (AvgIpc) is 3.20. The lowest BCUT2D eigenvalue weighted by molar-refractivity contribution is 0.567. The molecule has 0 spiro atoms. The van der Waals surface area contributed by atoms with E-state index in [1.807, 2.05) is 67.6 Å². The molecule has 0 fully saturated rings. The summed E-state index contributed by atoms with van der Waals surface area (Å²) >= 11 is 1.52. The number of thiazole rings is 1. The Labute approximate surface area is 184 Å². The van der Waals surface area contributed by atoms with Crippen molar-refractivity contribution < 1.29 is 0 Å². The zero-order chi connectivity index (χ0) is 21.4. The maximum Gasteiger partial charge on any atom is 0.295 e. The van der Waals surface area contributed by atoms with Crippen LogP contribution in [0, 0.1) is 13.8 Å². The van der Waals surface area contributed by atoms with Crippen LogP contribution in [0.2, 0.25) is 0 Å². The highest BCUT2D eigenvalue weighted by molar-refractivity contribution is 7.19. The van der Waals surface area contributed by atoms with Gasteiger partial charge in [-0.1, -0.05) is 90.5 Å². The van der Waals surface area contributed by atoms with Gasteiger partial charge in [-0.25, -0.2) is 9.67 Å². The van der Waals surface area contributed by atoms with Gasteiger partial charge >= 0.3 is 0 Å². The maximum atomic E-state index is 13.6. The van der Waals surface area contributed by atoms with Crippen LogP contribution in [0.15, 0.2) is 89.7 Å². The highest BCUT2D eigenvalue weighted by Gasteiger charge is 2.23. The molecule has 2 aromatic heterocycles. The predicted molar refractivity (Wildman–Crippen MR) is 127 cm³/mol. The molecule has 2 heterocycles. The normalized spacial score (nSPS) is 11.3. The van der Waals surface area contributed by atoms with Gasteiger partial charge in [0.15, 0.2) is 5.52 Å². The number of rotatable bonds is 4. The van der Waals surface area contributed by atoms with Gasteiger partial charge < -0.3 is 0 Å². The second-order valence-corrected chi connectivity index (χ2v) is 8.80. The van der Waals surface area contributed by atoms with E-state index in [0.717, 1.165) is 32.1 Å². The lowest BCUT2D eigenvalue weighted by atomic mass is 9.99. The van der Waals surface area contributed by atoms with Crippen LogP contribution in [-0.4, -0.2) is 14.8 Å². The molecule has 0 bridgehead atoms. The number of hydrogen-bond acceptors (Lipinski definition) is 4. The van der Waals surface area contributed by atoms with Crippen molar-refractivity contribution in [3.05, 3.63) is 117 Å². The third-order valence-electron chi connectivity index (χ3n) is 5.37. The molecule has 3 aromatic carbocycles. The van der Waals surface area contributed by atoms with E-state index in [1.165, 1.54) is 16.9 Å². The number of aryl methyl sites for hydroxylation is 2. The van der Waals surface area contributed by atoms with Crippen LogP contribution in [0.3, 0.4) is 0 Å². The van der Waals surface area contributed by atoms with E-state index in [1.54, 1.807) is 4.68 Å². The standard InChI is InChI=1S/C26H21N3OS/c1-17-13-15-19(16-14-17)22-25-23(27-18(2)31-25)26(30)29(28-22)24(20-9-5-3-6-10-20)21-11-7-4-8-12-21/h3-16,24H,1-2H3. The summed E-state index contributed by atoms with van der Waals surface area (Å²) in [6.45, 7) is 3.99. The third-order valence-corrected chi connectivity index (χ3v) is 6.35. The molecule has 5 heteroatoms. The highest BCUT2D eigenvalue weighted by atomic mass is 32.1. The first kappa shape index (κ1) is 19.4. The summed E-state index contributed by atoms with van der Waals surface area (Å²) in [6.07, 6.45) is 0. The topological polar surface area (TPSA) is 47.8 Å². The molecule has 31 heavy (non-hydrogen) atoms. The quantitative estimate of drug-likeness (QED) is 0.368. The van der Waals surface area contributed by atoms with Gasteiger partial charge in [0, 0.05) is 5.56 Å². The molecule has 0 atom stereocenters. The van der Waals surface area contributed by atoms with Gasteiger partial charge in [0.25, 0.3) is 5.56 Å². The molecule has 5 rings (SSSR count). The SMILES string of the molecule is Cc1ccc(-c2nn(C(c3ccccc3)c3ccccc3)c(=O)c3nc(C)sc23)cc1. The van der Waals surface area contributed by atoms with Crippen molar-refractivity contribution in [1.82, 2.24) is 14.8 Å². The van der Waals surface area contributed by atoms with Crippen molar-refractivity contribution >= 4 is 21.6 Å². The third kappa shape index (κ3) is 3.57. The van der Waals surface area contributed by atoms with Gasteiger partial charge in [-0.3, -0.25) is 4.79 Å². The number of nitrogens with zero attached hydrogens (tertiary/aromatic N) is 3. The predicted octanol–water partition coefficient (Wildman–Crippen LogP) is 5.77. The summed E-state index contributed by atoms with van der Waals surface area (Å²) < 4.78 is 2.43. The Morgan fingerprint density at radius 3 is 1.97 bits per heavy atom. The van der Waals surface area contributed by atoms with Crippen LogP contribution in [0.25, 0.3) is 21.5 Å². The van der Waals surface area contributed by atoms with E-state index in [0.29, 0.717) is 5.52 Å². The van der Waals surface area contributed by atoms with Crippen LogP contribution in [0.1, 0.15) is 27.7 Å². The van der Waals surface area contributed by atoms with Gasteiger partial charge in [-0.2, -0.15) is 5.10 Å². The Bertz CT molecular complexity index is 1370. The molecule has 0 aliphatic rings. The molecule has 0 aliphatic heterocycles. The lowest BCUT2D eigenvalue weighted by Gasteiger charge is -2.21. The maximum absolute atomic E-state index is 13.6. The van der Waals surface area contributed by atoms with Gasteiger partial charge in [0.1, 0.15) is 11.7 Å². The Morgan fingerprint density at radius 1 is 0.806 bits per heavy atom. The molecule has 0 aliphatic carbocycles. The van der Waals surface area contributed by atoms with E-state index in [9.17, 15) is 4.79 Å². The van der Waals surface area contributed by atoms with Crippen LogP contribution in [-0.2, 0) is 0 Å². The monoisotopic (exact) mass is 423 g/mol. The summed E-state index contributed by atoms with van der Waals surface area (Å²) in [5.41, 5.74) is 5.26. The van der Waals surface area contributed by atoms with Gasteiger partial charge in [0.05, 0.1) is 9.71 Å². The molecule has 152 valence electrons. The second-order valence-electron chi connectivity index (χ2n) is 7.60. The minimum absolute atomic E-state index is 0.173. The molecule has 4 nitrogen and oxygen atoms in total. The van der Waals surface area contributed by atoms with Crippen molar-refractivity contribution in [2.75, 3.05) is 0 Å². The Morgan fingerprint density at radius 2 is 1.39 bits per heavy atom.